The summed E-state index contributed by atoms with van der Waals surface area (Å²) in [5.41, 5.74) is 3.34. The summed E-state index contributed by atoms with van der Waals surface area (Å²) in [7, 11) is 0. The molecule has 0 radical (unpaired) electrons. The molecule has 1 aliphatic heterocycles. The summed E-state index contributed by atoms with van der Waals surface area (Å²) in [6, 6.07) is 18.3. The maximum absolute atomic E-state index is 5.83. The molecular formula is C21H25NO2. The molecule has 0 aromatic heterocycles. The number of unbranched alkanes of at least 4 members (excludes halogenated alkanes) is 2. The molecule has 0 saturated heterocycles. The number of oxime groups is 1. The first-order valence-corrected chi connectivity index (χ1v) is 8.85. The van der Waals surface area contributed by atoms with Crippen molar-refractivity contribution in [2.24, 2.45) is 5.16 Å². The van der Waals surface area contributed by atoms with Gasteiger partial charge in [0.2, 0.25) is 0 Å². The van der Waals surface area contributed by atoms with Crippen LogP contribution in [-0.2, 0) is 11.4 Å². The van der Waals surface area contributed by atoms with E-state index in [-0.39, 0.29) is 6.10 Å². The van der Waals surface area contributed by atoms with Crippen LogP contribution < -0.4 is 4.74 Å². The Kier molecular flexibility index (Phi) is 5.89. The lowest BCUT2D eigenvalue weighted by Crippen LogP contribution is -2.08. The molecule has 1 unspecified atom stereocenters. The molecular weight excluding hydrogens is 298 g/mol. The van der Waals surface area contributed by atoms with E-state index in [1.807, 2.05) is 30.3 Å². The SMILES string of the molecule is CCCCCC1CC(c2ccc(OCc3ccccc3)cc2)=NO1. The largest absolute Gasteiger partial charge is 0.489 e. The first kappa shape index (κ1) is 16.6. The molecule has 0 amide bonds. The second-order valence-corrected chi connectivity index (χ2v) is 6.26. The fourth-order valence-electron chi connectivity index (χ4n) is 2.86. The molecule has 3 heteroatoms. The average molecular weight is 323 g/mol. The Balaban J connectivity index is 1.50. The summed E-state index contributed by atoms with van der Waals surface area (Å²) in [6.45, 7) is 2.81. The number of hydrogen-bond acceptors (Lipinski definition) is 3. The Morgan fingerprint density at radius 2 is 1.83 bits per heavy atom. The van der Waals surface area contributed by atoms with Gasteiger partial charge in [0.1, 0.15) is 18.5 Å². The van der Waals surface area contributed by atoms with Crippen LogP contribution in [0.3, 0.4) is 0 Å². The Labute approximate surface area is 144 Å². The van der Waals surface area contributed by atoms with Gasteiger partial charge in [0, 0.05) is 6.42 Å². The van der Waals surface area contributed by atoms with Crippen LogP contribution >= 0.6 is 0 Å². The molecule has 0 saturated carbocycles. The number of rotatable bonds is 8. The van der Waals surface area contributed by atoms with Crippen LogP contribution in [0.4, 0.5) is 0 Å². The zero-order valence-corrected chi connectivity index (χ0v) is 14.3. The molecule has 0 fully saturated rings. The third-order valence-electron chi connectivity index (χ3n) is 4.30. The van der Waals surface area contributed by atoms with Crippen LogP contribution in [0.15, 0.2) is 59.8 Å². The molecule has 1 heterocycles. The molecule has 2 aromatic carbocycles. The molecule has 3 rings (SSSR count). The highest BCUT2D eigenvalue weighted by Crippen LogP contribution is 2.22. The van der Waals surface area contributed by atoms with Gasteiger partial charge in [-0.3, -0.25) is 0 Å². The van der Waals surface area contributed by atoms with Gasteiger partial charge in [0.05, 0.1) is 5.71 Å². The van der Waals surface area contributed by atoms with E-state index < -0.39 is 0 Å². The number of benzene rings is 2. The molecule has 3 nitrogen and oxygen atoms in total. The highest BCUT2D eigenvalue weighted by molar-refractivity contribution is 6.01. The predicted molar refractivity (Wildman–Crippen MR) is 97.4 cm³/mol. The summed E-state index contributed by atoms with van der Waals surface area (Å²) in [4.78, 5) is 5.56. The van der Waals surface area contributed by atoms with Crippen LogP contribution in [0.2, 0.25) is 0 Å². The number of hydrogen-bond donors (Lipinski definition) is 0. The fraction of sp³-hybridized carbons (Fsp3) is 0.381. The summed E-state index contributed by atoms with van der Waals surface area (Å²) >= 11 is 0. The Morgan fingerprint density at radius 1 is 1.04 bits per heavy atom. The maximum atomic E-state index is 5.83. The van der Waals surface area contributed by atoms with Gasteiger partial charge in [-0.25, -0.2) is 0 Å². The summed E-state index contributed by atoms with van der Waals surface area (Å²) < 4.78 is 5.83. The number of ether oxygens (including phenoxy) is 1. The van der Waals surface area contributed by atoms with E-state index in [4.69, 9.17) is 9.57 Å². The first-order chi connectivity index (χ1) is 11.8. The van der Waals surface area contributed by atoms with Crippen molar-refractivity contribution in [3.8, 4) is 5.75 Å². The first-order valence-electron chi connectivity index (χ1n) is 8.85. The monoisotopic (exact) mass is 323 g/mol. The van der Waals surface area contributed by atoms with Crippen molar-refractivity contribution in [1.82, 2.24) is 0 Å². The van der Waals surface area contributed by atoms with Gasteiger partial charge in [-0.05, 0) is 48.2 Å². The lowest BCUT2D eigenvalue weighted by atomic mass is 10.0. The van der Waals surface area contributed by atoms with Crippen LogP contribution in [0.25, 0.3) is 0 Å². The molecule has 0 N–H and O–H groups in total. The zero-order chi connectivity index (χ0) is 16.6. The standard InChI is InChI=1S/C21H25NO2/c1-2-3-5-10-20-15-21(22-24-20)18-11-13-19(14-12-18)23-16-17-8-6-4-7-9-17/h4,6-9,11-14,20H,2-3,5,10,15-16H2,1H3. The Hall–Kier alpha value is -2.29. The van der Waals surface area contributed by atoms with E-state index in [1.54, 1.807) is 0 Å². The minimum atomic E-state index is 0.251. The van der Waals surface area contributed by atoms with E-state index >= 15 is 0 Å². The van der Waals surface area contributed by atoms with Crippen molar-refractivity contribution in [3.63, 3.8) is 0 Å². The van der Waals surface area contributed by atoms with Gasteiger partial charge in [-0.2, -0.15) is 0 Å². The quantitative estimate of drug-likeness (QED) is 0.614. The third kappa shape index (κ3) is 4.60. The molecule has 24 heavy (non-hydrogen) atoms. The van der Waals surface area contributed by atoms with Gasteiger partial charge in [-0.15, -0.1) is 0 Å². The normalized spacial score (nSPS) is 16.5. The lowest BCUT2D eigenvalue weighted by Gasteiger charge is -2.08. The van der Waals surface area contributed by atoms with Crippen LogP contribution in [0.5, 0.6) is 5.75 Å². The predicted octanol–water partition coefficient (Wildman–Crippen LogP) is 5.34. The maximum Gasteiger partial charge on any atom is 0.133 e. The van der Waals surface area contributed by atoms with Gasteiger partial charge < -0.3 is 9.57 Å². The van der Waals surface area contributed by atoms with E-state index in [0.717, 1.165) is 29.9 Å². The number of nitrogens with zero attached hydrogens (tertiary/aromatic N) is 1. The van der Waals surface area contributed by atoms with Gasteiger partial charge in [-0.1, -0.05) is 55.3 Å². The van der Waals surface area contributed by atoms with Crippen molar-refractivity contribution < 1.29 is 9.57 Å². The topological polar surface area (TPSA) is 30.8 Å². The highest BCUT2D eigenvalue weighted by atomic mass is 16.6. The summed E-state index contributed by atoms with van der Waals surface area (Å²) in [6.07, 6.45) is 5.98. The second kappa shape index (κ2) is 8.53. The third-order valence-corrected chi connectivity index (χ3v) is 4.30. The summed E-state index contributed by atoms with van der Waals surface area (Å²) in [5, 5.41) is 4.27. The zero-order valence-electron chi connectivity index (χ0n) is 14.3. The van der Waals surface area contributed by atoms with Crippen molar-refractivity contribution in [2.45, 2.75) is 51.7 Å². The molecule has 126 valence electrons. The van der Waals surface area contributed by atoms with Crippen LogP contribution in [0.1, 0.15) is 50.2 Å². The fourth-order valence-corrected chi connectivity index (χ4v) is 2.86. The van der Waals surface area contributed by atoms with Crippen LogP contribution in [0, 0.1) is 0 Å². The molecule has 2 aromatic rings. The van der Waals surface area contributed by atoms with E-state index in [1.165, 1.54) is 24.8 Å². The molecule has 0 spiro atoms. The van der Waals surface area contributed by atoms with Crippen LogP contribution in [-0.4, -0.2) is 11.8 Å². The average Bonchev–Trinajstić information content (AvgIpc) is 3.10. The van der Waals surface area contributed by atoms with Gasteiger partial charge in [0.15, 0.2) is 0 Å². The lowest BCUT2D eigenvalue weighted by molar-refractivity contribution is 0.0771. The smallest absolute Gasteiger partial charge is 0.133 e. The highest BCUT2D eigenvalue weighted by Gasteiger charge is 2.21. The Morgan fingerprint density at radius 3 is 2.58 bits per heavy atom. The molecule has 1 aliphatic rings. The van der Waals surface area contributed by atoms with Crippen molar-refractivity contribution in [2.75, 3.05) is 0 Å². The Bertz CT molecular complexity index is 649. The van der Waals surface area contributed by atoms with Crippen molar-refractivity contribution >= 4 is 5.71 Å². The molecule has 0 aliphatic carbocycles. The van der Waals surface area contributed by atoms with E-state index in [2.05, 4.69) is 36.3 Å². The second-order valence-electron chi connectivity index (χ2n) is 6.26. The molecule has 0 bridgehead atoms. The minimum absolute atomic E-state index is 0.251. The van der Waals surface area contributed by atoms with Gasteiger partial charge in [0.25, 0.3) is 0 Å². The van der Waals surface area contributed by atoms with Gasteiger partial charge >= 0.3 is 0 Å². The molecule has 1 atom stereocenters. The van der Waals surface area contributed by atoms with Crippen molar-refractivity contribution in [3.05, 3.63) is 65.7 Å². The minimum Gasteiger partial charge on any atom is -0.489 e. The van der Waals surface area contributed by atoms with Crippen molar-refractivity contribution in [1.29, 1.82) is 0 Å². The van der Waals surface area contributed by atoms with E-state index in [9.17, 15) is 0 Å². The van der Waals surface area contributed by atoms with E-state index in [0.29, 0.717) is 6.61 Å². The summed E-state index contributed by atoms with van der Waals surface area (Å²) in [5.74, 6) is 0.876.